The molecule has 1 heterocycles. The molecular formula is C20H20N2O3. The molecule has 2 aromatic rings. The van der Waals surface area contributed by atoms with Crippen LogP contribution in [0.25, 0.3) is 6.08 Å². The predicted molar refractivity (Wildman–Crippen MR) is 98.0 cm³/mol. The fraction of sp³-hybridized carbons (Fsp3) is 0.200. The van der Waals surface area contributed by atoms with Gasteiger partial charge in [0.2, 0.25) is 0 Å². The second-order valence-corrected chi connectivity index (χ2v) is 5.82. The fourth-order valence-electron chi connectivity index (χ4n) is 2.61. The van der Waals surface area contributed by atoms with Crippen LogP contribution in [0.1, 0.15) is 16.7 Å². The molecule has 0 aromatic heterocycles. The van der Waals surface area contributed by atoms with E-state index in [1.807, 2.05) is 49.4 Å². The standard InChI is InChI=1S/C20H20N2O3/c1-13-4-6-14(7-5-13)10-16-20(23)22-19(21-16)12-15-8-9-17(24-2)18(11-15)25-3/h4-11H,12H2,1-3H3,(H,21,22,23)/b16-10+. The van der Waals surface area contributed by atoms with Gasteiger partial charge in [-0.2, -0.15) is 0 Å². The number of amidine groups is 1. The number of nitrogens with zero attached hydrogens (tertiary/aromatic N) is 1. The zero-order valence-electron chi connectivity index (χ0n) is 14.5. The number of benzene rings is 2. The van der Waals surface area contributed by atoms with Gasteiger partial charge in [-0.15, -0.1) is 0 Å². The Kier molecular flexibility index (Phi) is 4.84. The molecule has 0 aliphatic carbocycles. The molecule has 1 aliphatic rings. The van der Waals surface area contributed by atoms with Crippen molar-refractivity contribution in [3.05, 3.63) is 64.9 Å². The van der Waals surface area contributed by atoms with Crippen molar-refractivity contribution in [2.75, 3.05) is 14.2 Å². The molecule has 0 unspecified atom stereocenters. The van der Waals surface area contributed by atoms with E-state index in [1.165, 1.54) is 5.56 Å². The summed E-state index contributed by atoms with van der Waals surface area (Å²) in [4.78, 5) is 16.6. The van der Waals surface area contributed by atoms with Gasteiger partial charge in [0.25, 0.3) is 5.91 Å². The molecule has 0 saturated heterocycles. The van der Waals surface area contributed by atoms with Gasteiger partial charge in [0, 0.05) is 6.42 Å². The topological polar surface area (TPSA) is 59.9 Å². The Bertz CT molecular complexity index is 852. The minimum absolute atomic E-state index is 0.184. The molecule has 0 saturated carbocycles. The maximum atomic E-state index is 12.1. The smallest absolute Gasteiger partial charge is 0.275 e. The van der Waals surface area contributed by atoms with Crippen LogP contribution in [0.2, 0.25) is 0 Å². The van der Waals surface area contributed by atoms with Crippen LogP contribution in [0.5, 0.6) is 11.5 Å². The zero-order chi connectivity index (χ0) is 17.8. The van der Waals surface area contributed by atoms with Crippen LogP contribution < -0.4 is 14.8 Å². The maximum absolute atomic E-state index is 12.1. The van der Waals surface area contributed by atoms with Gasteiger partial charge >= 0.3 is 0 Å². The van der Waals surface area contributed by atoms with Gasteiger partial charge in [0.15, 0.2) is 11.5 Å². The van der Waals surface area contributed by atoms with E-state index < -0.39 is 0 Å². The van der Waals surface area contributed by atoms with Crippen LogP contribution in [-0.2, 0) is 11.2 Å². The largest absolute Gasteiger partial charge is 0.493 e. The molecule has 1 N–H and O–H groups in total. The molecule has 0 spiro atoms. The van der Waals surface area contributed by atoms with E-state index in [0.29, 0.717) is 29.5 Å². The highest BCUT2D eigenvalue weighted by Crippen LogP contribution is 2.28. The summed E-state index contributed by atoms with van der Waals surface area (Å²) in [5.41, 5.74) is 3.52. The molecule has 5 nitrogen and oxygen atoms in total. The van der Waals surface area contributed by atoms with Crippen LogP contribution in [0.4, 0.5) is 0 Å². The number of aryl methyl sites for hydroxylation is 1. The lowest BCUT2D eigenvalue weighted by molar-refractivity contribution is -0.115. The first-order valence-corrected chi connectivity index (χ1v) is 7.97. The summed E-state index contributed by atoms with van der Waals surface area (Å²) in [6.45, 7) is 2.03. The Balaban J connectivity index is 1.80. The van der Waals surface area contributed by atoms with E-state index in [2.05, 4.69) is 10.3 Å². The zero-order valence-corrected chi connectivity index (χ0v) is 14.5. The monoisotopic (exact) mass is 336 g/mol. The van der Waals surface area contributed by atoms with E-state index in [-0.39, 0.29) is 5.91 Å². The average molecular weight is 336 g/mol. The molecule has 1 aliphatic heterocycles. The van der Waals surface area contributed by atoms with Gasteiger partial charge in [-0.05, 0) is 36.3 Å². The predicted octanol–water partition coefficient (Wildman–Crippen LogP) is 3.12. The summed E-state index contributed by atoms with van der Waals surface area (Å²) in [5, 5.41) is 2.82. The SMILES string of the molecule is COc1ccc(CC2=N/C(=C/c3ccc(C)cc3)C(=O)N2)cc1OC. The number of carbonyl (C=O) groups is 1. The first-order valence-electron chi connectivity index (χ1n) is 7.97. The second-order valence-electron chi connectivity index (χ2n) is 5.82. The Morgan fingerprint density at radius 3 is 2.44 bits per heavy atom. The highest BCUT2D eigenvalue weighted by Gasteiger charge is 2.20. The Hall–Kier alpha value is -3.08. The summed E-state index contributed by atoms with van der Waals surface area (Å²) in [7, 11) is 3.19. The molecule has 2 aromatic carbocycles. The lowest BCUT2D eigenvalue weighted by atomic mass is 10.1. The minimum atomic E-state index is -0.184. The maximum Gasteiger partial charge on any atom is 0.275 e. The van der Waals surface area contributed by atoms with E-state index in [0.717, 1.165) is 11.1 Å². The Morgan fingerprint density at radius 1 is 1.04 bits per heavy atom. The van der Waals surface area contributed by atoms with Crippen molar-refractivity contribution in [1.29, 1.82) is 0 Å². The van der Waals surface area contributed by atoms with E-state index >= 15 is 0 Å². The molecule has 128 valence electrons. The molecule has 3 rings (SSSR count). The second kappa shape index (κ2) is 7.21. The van der Waals surface area contributed by atoms with Crippen LogP contribution in [0, 0.1) is 6.92 Å². The lowest BCUT2D eigenvalue weighted by Gasteiger charge is -2.09. The fourth-order valence-corrected chi connectivity index (χ4v) is 2.61. The van der Waals surface area contributed by atoms with Gasteiger partial charge in [-0.25, -0.2) is 4.99 Å². The van der Waals surface area contributed by atoms with Gasteiger partial charge in [-0.1, -0.05) is 35.9 Å². The number of carbonyl (C=O) groups excluding carboxylic acids is 1. The van der Waals surface area contributed by atoms with Gasteiger partial charge in [0.1, 0.15) is 11.5 Å². The Morgan fingerprint density at radius 2 is 1.76 bits per heavy atom. The lowest BCUT2D eigenvalue weighted by Crippen LogP contribution is -2.25. The minimum Gasteiger partial charge on any atom is -0.493 e. The summed E-state index contributed by atoms with van der Waals surface area (Å²) >= 11 is 0. The third-order valence-electron chi connectivity index (χ3n) is 3.95. The molecule has 0 fully saturated rings. The van der Waals surface area contributed by atoms with Crippen molar-refractivity contribution in [2.24, 2.45) is 4.99 Å². The van der Waals surface area contributed by atoms with Crippen molar-refractivity contribution in [3.63, 3.8) is 0 Å². The quantitative estimate of drug-likeness (QED) is 0.854. The van der Waals surface area contributed by atoms with Crippen molar-refractivity contribution in [3.8, 4) is 11.5 Å². The number of aliphatic imine (C=N–C) groups is 1. The number of hydrogen-bond donors (Lipinski definition) is 1. The van der Waals surface area contributed by atoms with Crippen LogP contribution in [-0.4, -0.2) is 26.0 Å². The first-order chi connectivity index (χ1) is 12.1. The molecule has 0 atom stereocenters. The third-order valence-corrected chi connectivity index (χ3v) is 3.95. The first kappa shape index (κ1) is 16.8. The van der Waals surface area contributed by atoms with Gasteiger partial charge < -0.3 is 14.8 Å². The third kappa shape index (κ3) is 3.88. The number of rotatable bonds is 5. The molecule has 25 heavy (non-hydrogen) atoms. The van der Waals surface area contributed by atoms with Crippen molar-refractivity contribution >= 4 is 17.8 Å². The van der Waals surface area contributed by atoms with Gasteiger partial charge in [-0.3, -0.25) is 4.79 Å². The van der Waals surface area contributed by atoms with Crippen LogP contribution >= 0.6 is 0 Å². The van der Waals surface area contributed by atoms with Crippen molar-refractivity contribution in [2.45, 2.75) is 13.3 Å². The van der Waals surface area contributed by atoms with Crippen molar-refractivity contribution in [1.82, 2.24) is 5.32 Å². The van der Waals surface area contributed by atoms with Gasteiger partial charge in [0.05, 0.1) is 14.2 Å². The molecular weight excluding hydrogens is 316 g/mol. The molecule has 0 radical (unpaired) electrons. The van der Waals surface area contributed by atoms with E-state index in [4.69, 9.17) is 9.47 Å². The van der Waals surface area contributed by atoms with Crippen molar-refractivity contribution < 1.29 is 14.3 Å². The average Bonchev–Trinajstić information content (AvgIpc) is 2.96. The number of hydrogen-bond acceptors (Lipinski definition) is 4. The number of nitrogens with one attached hydrogen (secondary N) is 1. The highest BCUT2D eigenvalue weighted by atomic mass is 16.5. The Labute approximate surface area is 147 Å². The summed E-state index contributed by atoms with van der Waals surface area (Å²) < 4.78 is 10.5. The number of amides is 1. The molecule has 5 heteroatoms. The van der Waals surface area contributed by atoms with Crippen LogP contribution in [0.15, 0.2) is 53.2 Å². The van der Waals surface area contributed by atoms with E-state index in [1.54, 1.807) is 20.3 Å². The highest BCUT2D eigenvalue weighted by molar-refractivity contribution is 6.14. The summed E-state index contributed by atoms with van der Waals surface area (Å²) in [6.07, 6.45) is 2.30. The normalized spacial score (nSPS) is 15.1. The number of methoxy groups -OCH3 is 2. The van der Waals surface area contributed by atoms with E-state index in [9.17, 15) is 4.79 Å². The van der Waals surface area contributed by atoms with Crippen LogP contribution in [0.3, 0.4) is 0 Å². The molecule has 0 bridgehead atoms. The number of ether oxygens (including phenoxy) is 2. The summed E-state index contributed by atoms with van der Waals surface area (Å²) in [5.74, 6) is 1.76. The summed E-state index contributed by atoms with van der Waals surface area (Å²) in [6, 6.07) is 13.6. The molecule has 1 amide bonds.